The van der Waals surface area contributed by atoms with Gasteiger partial charge in [-0.3, -0.25) is 9.59 Å². The maximum Gasteiger partial charge on any atom is 0.259 e. The Morgan fingerprint density at radius 3 is 2.65 bits per heavy atom. The first-order valence-electron chi connectivity index (χ1n) is 6.08. The zero-order valence-corrected chi connectivity index (χ0v) is 10.5. The van der Waals surface area contributed by atoms with Gasteiger partial charge < -0.3 is 10.3 Å². The summed E-state index contributed by atoms with van der Waals surface area (Å²) < 4.78 is 0. The molecule has 98 valence electrons. The third-order valence-electron chi connectivity index (χ3n) is 3.01. The molecule has 0 spiro atoms. The molecular weight excluding hydrogens is 254 g/mol. The predicted molar refractivity (Wildman–Crippen MR) is 77.5 cm³/mol. The molecule has 0 saturated heterocycles. The van der Waals surface area contributed by atoms with E-state index < -0.39 is 0 Å². The Morgan fingerprint density at radius 2 is 1.80 bits per heavy atom. The number of hydrogen-bond donors (Lipinski definition) is 2. The number of para-hydroxylation sites is 2. The van der Waals surface area contributed by atoms with Crippen LogP contribution in [0.4, 0.5) is 5.69 Å². The molecule has 3 aromatic rings. The number of benzene rings is 2. The number of anilines is 1. The predicted octanol–water partition coefficient (Wildman–Crippen LogP) is 2.16. The van der Waals surface area contributed by atoms with E-state index in [1.807, 2.05) is 12.1 Å². The topological polar surface area (TPSA) is 74.8 Å². The molecule has 2 aromatic carbocycles. The van der Waals surface area contributed by atoms with Crippen molar-refractivity contribution in [1.82, 2.24) is 9.97 Å². The lowest BCUT2D eigenvalue weighted by atomic mass is 10.1. The summed E-state index contributed by atoms with van der Waals surface area (Å²) in [7, 11) is 0. The average molecular weight is 265 g/mol. The Labute approximate surface area is 114 Å². The van der Waals surface area contributed by atoms with Gasteiger partial charge >= 0.3 is 0 Å². The van der Waals surface area contributed by atoms with Crippen LogP contribution >= 0.6 is 0 Å². The van der Waals surface area contributed by atoms with Gasteiger partial charge in [-0.2, -0.15) is 0 Å². The van der Waals surface area contributed by atoms with Crippen molar-refractivity contribution in [3.63, 3.8) is 0 Å². The van der Waals surface area contributed by atoms with Crippen LogP contribution in [0.15, 0.2) is 53.3 Å². The maximum absolute atomic E-state index is 12.1. The molecule has 20 heavy (non-hydrogen) atoms. The summed E-state index contributed by atoms with van der Waals surface area (Å²) in [5.41, 5.74) is 1.68. The molecule has 0 fully saturated rings. The van der Waals surface area contributed by atoms with Gasteiger partial charge in [-0.25, -0.2) is 4.98 Å². The smallest absolute Gasteiger partial charge is 0.259 e. The van der Waals surface area contributed by atoms with E-state index in [0.717, 1.165) is 0 Å². The van der Waals surface area contributed by atoms with Crippen LogP contribution in [0.5, 0.6) is 0 Å². The van der Waals surface area contributed by atoms with Crippen LogP contribution in [0.25, 0.3) is 22.3 Å². The summed E-state index contributed by atoms with van der Waals surface area (Å²) in [6, 6.07) is 14.3. The molecule has 0 atom stereocenters. The Kier molecular flexibility index (Phi) is 3.01. The van der Waals surface area contributed by atoms with Crippen molar-refractivity contribution < 1.29 is 4.79 Å². The van der Waals surface area contributed by atoms with E-state index in [2.05, 4.69) is 15.3 Å². The van der Waals surface area contributed by atoms with Crippen LogP contribution in [0, 0.1) is 0 Å². The highest BCUT2D eigenvalue weighted by Gasteiger charge is 2.09. The largest absolute Gasteiger partial charge is 0.328 e. The molecule has 5 nitrogen and oxygen atoms in total. The fraction of sp³-hybridized carbons (Fsp3) is 0. The van der Waals surface area contributed by atoms with Gasteiger partial charge in [-0.1, -0.05) is 24.3 Å². The molecule has 0 radical (unpaired) electrons. The number of fused-ring (bicyclic) bond motifs is 1. The van der Waals surface area contributed by atoms with Crippen molar-refractivity contribution in [3.05, 3.63) is 58.9 Å². The fourth-order valence-corrected chi connectivity index (χ4v) is 2.09. The molecule has 1 heterocycles. The van der Waals surface area contributed by atoms with Gasteiger partial charge in [-0.15, -0.1) is 0 Å². The number of nitrogens with zero attached hydrogens (tertiary/aromatic N) is 1. The Bertz CT molecular complexity index is 840. The molecule has 0 aliphatic rings. The molecule has 0 bridgehead atoms. The van der Waals surface area contributed by atoms with E-state index in [0.29, 0.717) is 34.4 Å². The monoisotopic (exact) mass is 265 g/mol. The van der Waals surface area contributed by atoms with Gasteiger partial charge in [0.15, 0.2) is 0 Å². The van der Waals surface area contributed by atoms with Crippen molar-refractivity contribution in [3.8, 4) is 11.4 Å². The number of carbonyl (C=O) groups excluding carboxylic acids is 1. The van der Waals surface area contributed by atoms with Crippen molar-refractivity contribution in [2.24, 2.45) is 0 Å². The van der Waals surface area contributed by atoms with E-state index in [-0.39, 0.29) is 5.56 Å². The van der Waals surface area contributed by atoms with Gasteiger partial charge in [0.2, 0.25) is 6.41 Å². The Morgan fingerprint density at radius 1 is 1.05 bits per heavy atom. The lowest BCUT2D eigenvalue weighted by Gasteiger charge is -2.08. The Balaban J connectivity index is 2.25. The summed E-state index contributed by atoms with van der Waals surface area (Å²) in [5, 5.41) is 3.14. The first kappa shape index (κ1) is 12.1. The molecule has 0 saturated carbocycles. The highest BCUT2D eigenvalue weighted by molar-refractivity contribution is 5.85. The summed E-state index contributed by atoms with van der Waals surface area (Å²) in [6.45, 7) is 0. The fourth-order valence-electron chi connectivity index (χ4n) is 2.09. The summed E-state index contributed by atoms with van der Waals surface area (Å²) in [6.07, 6.45) is 0.595. The number of amides is 1. The second-order valence-corrected chi connectivity index (χ2v) is 4.24. The molecule has 0 unspecified atom stereocenters. The van der Waals surface area contributed by atoms with Gasteiger partial charge in [0.1, 0.15) is 5.82 Å². The van der Waals surface area contributed by atoms with Crippen LogP contribution < -0.4 is 10.9 Å². The molecule has 0 aliphatic heterocycles. The summed E-state index contributed by atoms with van der Waals surface area (Å²) >= 11 is 0. The lowest BCUT2D eigenvalue weighted by molar-refractivity contribution is -0.105. The molecular formula is C15H11N3O2. The lowest BCUT2D eigenvalue weighted by Crippen LogP contribution is -2.10. The molecule has 3 rings (SSSR count). The highest BCUT2D eigenvalue weighted by Crippen LogP contribution is 2.24. The number of H-pyrrole nitrogens is 1. The minimum atomic E-state index is -0.202. The van der Waals surface area contributed by atoms with E-state index in [9.17, 15) is 9.59 Å². The van der Waals surface area contributed by atoms with Gasteiger partial charge in [0.05, 0.1) is 16.6 Å². The van der Waals surface area contributed by atoms with Crippen LogP contribution in [-0.2, 0) is 4.79 Å². The standard InChI is InChI=1S/C15H11N3O2/c19-9-16-12-7-3-1-5-10(12)14-17-13-8-4-2-6-11(13)15(20)18-14/h1-9H,(H,16,19)(H,17,18,20). The van der Waals surface area contributed by atoms with E-state index >= 15 is 0 Å². The SMILES string of the molecule is O=CNc1ccccc1-c1nc2ccccc2c(=O)[nH]1. The molecule has 1 aromatic heterocycles. The Hall–Kier alpha value is -2.95. The van der Waals surface area contributed by atoms with Crippen molar-refractivity contribution in [1.29, 1.82) is 0 Å². The number of nitrogens with one attached hydrogen (secondary N) is 2. The zero-order chi connectivity index (χ0) is 13.9. The van der Waals surface area contributed by atoms with Crippen LogP contribution in [-0.4, -0.2) is 16.4 Å². The van der Waals surface area contributed by atoms with Gasteiger partial charge in [-0.05, 0) is 24.3 Å². The quantitative estimate of drug-likeness (QED) is 0.712. The third-order valence-corrected chi connectivity index (χ3v) is 3.01. The molecule has 2 N–H and O–H groups in total. The second-order valence-electron chi connectivity index (χ2n) is 4.24. The minimum Gasteiger partial charge on any atom is -0.328 e. The number of carbonyl (C=O) groups is 1. The maximum atomic E-state index is 12.1. The average Bonchev–Trinajstić information content (AvgIpc) is 2.48. The van der Waals surface area contributed by atoms with Gasteiger partial charge in [0, 0.05) is 5.56 Å². The molecule has 5 heteroatoms. The number of hydrogen-bond acceptors (Lipinski definition) is 3. The molecule has 1 amide bonds. The normalized spacial score (nSPS) is 10.4. The molecule has 0 aliphatic carbocycles. The van der Waals surface area contributed by atoms with Gasteiger partial charge in [0.25, 0.3) is 5.56 Å². The van der Waals surface area contributed by atoms with E-state index in [4.69, 9.17) is 0 Å². The van der Waals surface area contributed by atoms with E-state index in [1.165, 1.54) is 0 Å². The van der Waals surface area contributed by atoms with Crippen molar-refractivity contribution in [2.45, 2.75) is 0 Å². The number of aromatic amines is 1. The van der Waals surface area contributed by atoms with Crippen LogP contribution in [0.3, 0.4) is 0 Å². The summed E-state index contributed by atoms with van der Waals surface area (Å²) in [4.78, 5) is 29.9. The van der Waals surface area contributed by atoms with Crippen LogP contribution in [0.2, 0.25) is 0 Å². The zero-order valence-electron chi connectivity index (χ0n) is 10.5. The third kappa shape index (κ3) is 2.05. The minimum absolute atomic E-state index is 0.202. The number of rotatable bonds is 3. The second kappa shape index (κ2) is 4.97. The number of aromatic nitrogens is 2. The highest BCUT2D eigenvalue weighted by atomic mass is 16.1. The van der Waals surface area contributed by atoms with Crippen LogP contribution in [0.1, 0.15) is 0 Å². The first-order valence-corrected chi connectivity index (χ1v) is 6.08. The first-order chi connectivity index (χ1) is 9.79. The summed E-state index contributed by atoms with van der Waals surface area (Å²) in [5.74, 6) is 0.429. The van der Waals surface area contributed by atoms with Crippen molar-refractivity contribution in [2.75, 3.05) is 5.32 Å². The van der Waals surface area contributed by atoms with Crippen molar-refractivity contribution >= 4 is 23.0 Å². The van der Waals surface area contributed by atoms with E-state index in [1.54, 1.807) is 36.4 Å².